The number of nitrogens with two attached hydrogens (primary N) is 4. The average Bonchev–Trinajstić information content (AvgIpc) is 3.76. The van der Waals surface area contributed by atoms with E-state index in [2.05, 4.69) is 9.97 Å². The Kier molecular flexibility index (Phi) is 8.27. The van der Waals surface area contributed by atoms with E-state index in [1.165, 1.54) is 0 Å². The molecule has 3 aromatic heterocycles. The number of hydrogen-bond acceptors (Lipinski definition) is 8. The zero-order valence-corrected chi connectivity index (χ0v) is 23.1. The second kappa shape index (κ2) is 12.0. The van der Waals surface area contributed by atoms with Crippen LogP contribution in [0.15, 0.2) is 36.4 Å². The van der Waals surface area contributed by atoms with E-state index in [-0.39, 0.29) is 37.2 Å². The van der Waals surface area contributed by atoms with Crippen molar-refractivity contribution in [3.8, 4) is 0 Å². The molecule has 0 saturated carbocycles. The molecule has 8 bridgehead atoms. The second-order valence-electron chi connectivity index (χ2n) is 10.7. The van der Waals surface area contributed by atoms with Gasteiger partial charge < -0.3 is 32.9 Å². The molecule has 0 unspecified atom stereocenters. The quantitative estimate of drug-likeness (QED) is 0.195. The number of rotatable bonds is 10. The van der Waals surface area contributed by atoms with E-state index >= 15 is 0 Å². The highest BCUT2D eigenvalue weighted by Gasteiger charge is 2.28. The van der Waals surface area contributed by atoms with Crippen LogP contribution in [-0.2, 0) is 35.3 Å². The lowest BCUT2D eigenvalue weighted by Gasteiger charge is -2.11. The van der Waals surface area contributed by atoms with E-state index in [9.17, 15) is 19.2 Å². The molecule has 0 fully saturated rings. The minimum absolute atomic E-state index is 0.0335. The largest absolute Gasteiger partial charge is 0.370 e. The number of nitrogens with one attached hydrogen (secondary N) is 2. The molecule has 3 aromatic rings. The van der Waals surface area contributed by atoms with Gasteiger partial charge in [0.05, 0.1) is 45.6 Å². The summed E-state index contributed by atoms with van der Waals surface area (Å²) < 4.78 is 0. The van der Waals surface area contributed by atoms with E-state index in [0.717, 1.165) is 35.3 Å². The van der Waals surface area contributed by atoms with Crippen molar-refractivity contribution in [1.82, 2.24) is 19.9 Å². The van der Waals surface area contributed by atoms with Crippen LogP contribution in [0.25, 0.3) is 22.1 Å². The fourth-order valence-corrected chi connectivity index (χ4v) is 5.37. The van der Waals surface area contributed by atoms with Crippen LogP contribution in [0.1, 0.15) is 69.2 Å². The van der Waals surface area contributed by atoms with Crippen LogP contribution in [0, 0.1) is 0 Å². The van der Waals surface area contributed by atoms with Gasteiger partial charge in [0, 0.05) is 35.3 Å². The van der Waals surface area contributed by atoms with Crippen LogP contribution in [0.4, 0.5) is 0 Å². The number of H-pyrrole nitrogens is 2. The Labute approximate surface area is 241 Å². The van der Waals surface area contributed by atoms with Crippen molar-refractivity contribution in [2.75, 3.05) is 0 Å². The van der Waals surface area contributed by atoms with Crippen LogP contribution >= 0.6 is 0 Å². The van der Waals surface area contributed by atoms with Gasteiger partial charge in [0.2, 0.25) is 11.8 Å². The average molecular weight is 571 g/mol. The molecular weight excluding hydrogens is 536 g/mol. The van der Waals surface area contributed by atoms with Crippen LogP contribution in [0.2, 0.25) is 0 Å². The van der Waals surface area contributed by atoms with Gasteiger partial charge in [-0.2, -0.15) is 0 Å². The van der Waals surface area contributed by atoms with Crippen LogP contribution in [-0.4, -0.2) is 55.4 Å². The molecule has 2 atom stereocenters. The summed E-state index contributed by atoms with van der Waals surface area (Å²) in [6, 6.07) is 9.21. The van der Waals surface area contributed by atoms with Gasteiger partial charge in [-0.05, 0) is 74.9 Å². The molecule has 0 aromatic carbocycles. The number of aromatic amines is 2. The zero-order valence-electron chi connectivity index (χ0n) is 23.1. The van der Waals surface area contributed by atoms with Crippen molar-refractivity contribution in [2.24, 2.45) is 22.9 Å². The maximum absolute atomic E-state index is 13.7. The number of carbonyl (C=O) groups is 4. The Hall–Kier alpha value is -4.68. The van der Waals surface area contributed by atoms with E-state index in [1.807, 2.05) is 24.3 Å². The molecule has 218 valence electrons. The van der Waals surface area contributed by atoms with Crippen molar-refractivity contribution in [3.63, 3.8) is 0 Å². The SMILES string of the molecule is NC(=O)CC[C@H](N)C(=O)c1c2nc(c(C(=O)[C@@H](N)CCC(N)=O)c3ccc(cc4nc(cc5ccc1[nH]5)CC4)[nH]3)CC2. The third-order valence-corrected chi connectivity index (χ3v) is 7.54. The summed E-state index contributed by atoms with van der Waals surface area (Å²) in [6.45, 7) is 0. The molecule has 42 heavy (non-hydrogen) atoms. The highest BCUT2D eigenvalue weighted by Crippen LogP contribution is 2.26. The van der Waals surface area contributed by atoms with Crippen LogP contribution < -0.4 is 22.9 Å². The molecule has 0 radical (unpaired) electrons. The van der Waals surface area contributed by atoms with Gasteiger partial charge in [-0.1, -0.05) is 0 Å². The highest BCUT2D eigenvalue weighted by atomic mass is 16.2. The Bertz CT molecular complexity index is 1620. The Morgan fingerprint density at radius 2 is 1.10 bits per heavy atom. The van der Waals surface area contributed by atoms with E-state index in [4.69, 9.17) is 32.9 Å². The van der Waals surface area contributed by atoms with E-state index in [1.54, 1.807) is 12.1 Å². The van der Waals surface area contributed by atoms with Gasteiger partial charge in [-0.25, -0.2) is 0 Å². The third-order valence-electron chi connectivity index (χ3n) is 7.54. The normalized spacial score (nSPS) is 14.3. The Morgan fingerprint density at radius 1 is 0.667 bits per heavy atom. The molecule has 0 spiro atoms. The van der Waals surface area contributed by atoms with Crippen LogP contribution in [0.3, 0.4) is 0 Å². The summed E-state index contributed by atoms with van der Waals surface area (Å²) >= 11 is 0. The first-order valence-corrected chi connectivity index (χ1v) is 13.9. The van der Waals surface area contributed by atoms with Gasteiger partial charge in [0.15, 0.2) is 11.6 Å². The zero-order chi connectivity index (χ0) is 30.0. The summed E-state index contributed by atoms with van der Waals surface area (Å²) in [5, 5.41) is 0. The maximum Gasteiger partial charge on any atom is 0.217 e. The smallest absolute Gasteiger partial charge is 0.217 e. The summed E-state index contributed by atoms with van der Waals surface area (Å²) in [7, 11) is 0. The molecule has 12 nitrogen and oxygen atoms in total. The van der Waals surface area contributed by atoms with Crippen molar-refractivity contribution >= 4 is 45.4 Å². The standard InChI is InChI=1S/C30H34N8O4/c31-19(5-11-25(33)39)29(41)27-21-7-3-17(36-21)13-15-1-2-16(35-15)14-18-4-8-22(37-18)28(24-10-9-23(27)38-24)30(42)20(32)6-12-26(34)40/h3-4,7-8,13-14,19-20,36-37H,1-2,5-6,9-12,31-32H2,(H2,33,39)(H2,34,40)/t19-,20-/m0/s1. The minimum atomic E-state index is -0.981. The van der Waals surface area contributed by atoms with Gasteiger partial charge in [-0.3, -0.25) is 29.1 Å². The lowest BCUT2D eigenvalue weighted by atomic mass is 9.97. The van der Waals surface area contributed by atoms with Gasteiger partial charge in [0.25, 0.3) is 0 Å². The summed E-state index contributed by atoms with van der Waals surface area (Å²) in [5.41, 5.74) is 28.9. The molecule has 0 aliphatic carbocycles. The number of hydrogen-bond donors (Lipinski definition) is 6. The first kappa shape index (κ1) is 28.8. The van der Waals surface area contributed by atoms with Crippen molar-refractivity contribution < 1.29 is 19.2 Å². The van der Waals surface area contributed by atoms with Gasteiger partial charge in [-0.15, -0.1) is 0 Å². The topological polar surface area (TPSA) is 230 Å². The second-order valence-corrected chi connectivity index (χ2v) is 10.7. The Morgan fingerprint density at radius 3 is 1.50 bits per heavy atom. The molecule has 5 heterocycles. The molecule has 0 saturated heterocycles. The fourth-order valence-electron chi connectivity index (χ4n) is 5.37. The predicted molar refractivity (Wildman–Crippen MR) is 157 cm³/mol. The molecule has 2 amide bonds. The fraction of sp³-hybridized carbons (Fsp3) is 0.333. The number of aromatic nitrogens is 4. The number of aryl methyl sites for hydroxylation is 4. The number of primary amides is 2. The predicted octanol–water partition coefficient (Wildman–Crippen LogP) is 1.44. The lowest BCUT2D eigenvalue weighted by molar-refractivity contribution is -0.119. The minimum Gasteiger partial charge on any atom is -0.370 e. The van der Waals surface area contributed by atoms with Crippen molar-refractivity contribution in [1.29, 1.82) is 0 Å². The van der Waals surface area contributed by atoms with E-state index in [0.29, 0.717) is 46.4 Å². The molecule has 12 heteroatoms. The number of Topliss-reactive ketones (excluding diaryl/α,β-unsaturated/α-hetero) is 2. The first-order valence-electron chi connectivity index (χ1n) is 13.9. The lowest BCUT2D eigenvalue weighted by Crippen LogP contribution is -2.32. The van der Waals surface area contributed by atoms with Crippen LogP contribution in [0.5, 0.6) is 0 Å². The van der Waals surface area contributed by atoms with Crippen molar-refractivity contribution in [2.45, 2.75) is 63.5 Å². The number of nitrogens with zero attached hydrogens (tertiary/aromatic N) is 2. The first-order chi connectivity index (χ1) is 20.1. The molecule has 5 rings (SSSR count). The van der Waals surface area contributed by atoms with E-state index < -0.39 is 23.9 Å². The number of fused-ring (bicyclic) bond motifs is 8. The summed E-state index contributed by atoms with van der Waals surface area (Å²) in [6.07, 6.45) is 2.34. The van der Waals surface area contributed by atoms with Gasteiger partial charge >= 0.3 is 0 Å². The highest BCUT2D eigenvalue weighted by molar-refractivity contribution is 6.08. The van der Waals surface area contributed by atoms with Gasteiger partial charge in [0.1, 0.15) is 0 Å². The Balaban J connectivity index is 1.77. The third kappa shape index (κ3) is 6.29. The summed E-state index contributed by atoms with van der Waals surface area (Å²) in [5.74, 6) is -1.87. The number of ketones is 2. The van der Waals surface area contributed by atoms with Crippen molar-refractivity contribution in [3.05, 3.63) is 70.3 Å². The number of carbonyl (C=O) groups excluding carboxylic acids is 4. The molecule has 10 N–H and O–H groups in total. The molecule has 2 aliphatic heterocycles. The summed E-state index contributed by atoms with van der Waals surface area (Å²) in [4.78, 5) is 66.4. The number of amides is 2. The monoisotopic (exact) mass is 570 g/mol. The molecular formula is C30H34N8O4. The molecule has 2 aliphatic rings. The maximum atomic E-state index is 13.7.